The van der Waals surface area contributed by atoms with Crippen LogP contribution in [0.15, 0.2) is 29.2 Å². The van der Waals surface area contributed by atoms with Gasteiger partial charge in [-0.15, -0.1) is 12.4 Å². The number of halogens is 2. The standard InChI is InChI=1S/C15H21ClN2O2S.ClH/c16-13-3-5-15(6-4-13)21(19,20)18-9-7-14(8-10-18)17-11-12-1-2-12;/h3-6,12,14,17H,1-2,7-11H2;1H. The summed E-state index contributed by atoms with van der Waals surface area (Å²) in [6.07, 6.45) is 4.46. The molecule has 1 saturated carbocycles. The fraction of sp³-hybridized carbons (Fsp3) is 0.600. The minimum atomic E-state index is -3.37. The number of benzene rings is 1. The summed E-state index contributed by atoms with van der Waals surface area (Å²) in [5, 5.41) is 4.12. The van der Waals surface area contributed by atoms with Gasteiger partial charge in [0.05, 0.1) is 4.90 Å². The van der Waals surface area contributed by atoms with Crippen molar-refractivity contribution in [2.75, 3.05) is 19.6 Å². The van der Waals surface area contributed by atoms with Gasteiger partial charge in [-0.25, -0.2) is 8.42 Å². The Hall–Kier alpha value is -0.330. The molecule has 1 aliphatic carbocycles. The molecule has 0 amide bonds. The first-order chi connectivity index (χ1) is 10.1. The lowest BCUT2D eigenvalue weighted by Crippen LogP contribution is -2.45. The second-order valence-corrected chi connectivity index (χ2v) is 8.36. The SMILES string of the molecule is Cl.O=S(=O)(c1ccc(Cl)cc1)N1CCC(NCC2CC2)CC1. The molecule has 124 valence electrons. The normalized spacial score (nSPS) is 20.6. The van der Waals surface area contributed by atoms with E-state index in [1.165, 1.54) is 12.8 Å². The van der Waals surface area contributed by atoms with Gasteiger partial charge in [0, 0.05) is 24.2 Å². The first-order valence-corrected chi connectivity index (χ1v) is 9.36. The van der Waals surface area contributed by atoms with Crippen LogP contribution in [0.4, 0.5) is 0 Å². The molecule has 4 nitrogen and oxygen atoms in total. The largest absolute Gasteiger partial charge is 0.314 e. The van der Waals surface area contributed by atoms with Gasteiger partial charge in [-0.2, -0.15) is 4.31 Å². The smallest absolute Gasteiger partial charge is 0.243 e. The van der Waals surface area contributed by atoms with Crippen LogP contribution < -0.4 is 5.32 Å². The maximum Gasteiger partial charge on any atom is 0.243 e. The Morgan fingerprint density at radius 1 is 1.09 bits per heavy atom. The van der Waals surface area contributed by atoms with Crippen LogP contribution in [0, 0.1) is 5.92 Å². The molecular weight excluding hydrogens is 343 g/mol. The highest BCUT2D eigenvalue weighted by molar-refractivity contribution is 7.89. The molecule has 0 spiro atoms. The summed E-state index contributed by atoms with van der Waals surface area (Å²) in [6.45, 7) is 2.27. The van der Waals surface area contributed by atoms with Crippen LogP contribution >= 0.6 is 24.0 Å². The molecule has 0 unspecified atom stereocenters. The van der Waals surface area contributed by atoms with Crippen LogP contribution in [-0.4, -0.2) is 38.4 Å². The molecule has 0 atom stereocenters. The molecule has 7 heteroatoms. The maximum atomic E-state index is 12.5. The zero-order valence-corrected chi connectivity index (χ0v) is 14.8. The van der Waals surface area contributed by atoms with E-state index in [0.29, 0.717) is 29.0 Å². The van der Waals surface area contributed by atoms with Crippen LogP contribution in [0.5, 0.6) is 0 Å². The van der Waals surface area contributed by atoms with E-state index >= 15 is 0 Å². The van der Waals surface area contributed by atoms with Gasteiger partial charge in [-0.3, -0.25) is 0 Å². The Morgan fingerprint density at radius 2 is 1.68 bits per heavy atom. The second-order valence-electron chi connectivity index (χ2n) is 5.98. The van der Waals surface area contributed by atoms with Crippen LogP contribution in [0.25, 0.3) is 0 Å². The average molecular weight is 365 g/mol. The fourth-order valence-corrected chi connectivity index (χ4v) is 4.31. The maximum absolute atomic E-state index is 12.5. The van der Waals surface area contributed by atoms with Crippen molar-refractivity contribution >= 4 is 34.0 Å². The topological polar surface area (TPSA) is 49.4 Å². The summed E-state index contributed by atoms with van der Waals surface area (Å²) >= 11 is 5.82. The van der Waals surface area contributed by atoms with Crippen LogP contribution in [-0.2, 0) is 10.0 Å². The highest BCUT2D eigenvalue weighted by Gasteiger charge is 2.30. The van der Waals surface area contributed by atoms with Crippen molar-refractivity contribution in [1.82, 2.24) is 9.62 Å². The third kappa shape index (κ3) is 4.36. The molecule has 2 fully saturated rings. The Bertz CT molecular complexity index is 580. The second kappa shape index (κ2) is 7.49. The van der Waals surface area contributed by atoms with E-state index < -0.39 is 10.0 Å². The first kappa shape index (κ1) is 18.0. The van der Waals surface area contributed by atoms with Gasteiger partial charge >= 0.3 is 0 Å². The summed E-state index contributed by atoms with van der Waals surface area (Å²) in [6, 6.07) is 6.86. The molecule has 1 N–H and O–H groups in total. The predicted octanol–water partition coefficient (Wildman–Crippen LogP) is 2.91. The number of nitrogens with zero attached hydrogens (tertiary/aromatic N) is 1. The van der Waals surface area contributed by atoms with Crippen LogP contribution in [0.3, 0.4) is 0 Å². The highest BCUT2D eigenvalue weighted by Crippen LogP contribution is 2.28. The molecule has 1 aromatic carbocycles. The molecule has 0 bridgehead atoms. The quantitative estimate of drug-likeness (QED) is 0.873. The van der Waals surface area contributed by atoms with E-state index in [4.69, 9.17) is 11.6 Å². The lowest BCUT2D eigenvalue weighted by atomic mass is 10.1. The van der Waals surface area contributed by atoms with Gasteiger partial charge in [0.1, 0.15) is 0 Å². The molecule has 1 aromatic rings. The Kier molecular flexibility index (Phi) is 6.14. The average Bonchev–Trinajstić information content (AvgIpc) is 3.30. The van der Waals surface area contributed by atoms with Crippen molar-refractivity contribution in [2.24, 2.45) is 5.92 Å². The summed E-state index contributed by atoms with van der Waals surface area (Å²) in [5.41, 5.74) is 0. The lowest BCUT2D eigenvalue weighted by Gasteiger charge is -2.31. The summed E-state index contributed by atoms with van der Waals surface area (Å²) in [7, 11) is -3.37. The van der Waals surface area contributed by atoms with E-state index in [1.54, 1.807) is 28.6 Å². The van der Waals surface area contributed by atoms with Gasteiger partial charge in [0.25, 0.3) is 0 Å². The van der Waals surface area contributed by atoms with Crippen molar-refractivity contribution in [3.8, 4) is 0 Å². The fourth-order valence-electron chi connectivity index (χ4n) is 2.71. The summed E-state index contributed by atoms with van der Waals surface area (Å²) < 4.78 is 26.7. The molecule has 1 aliphatic heterocycles. The zero-order chi connectivity index (χ0) is 14.9. The number of hydrogen-bond acceptors (Lipinski definition) is 3. The Balaban J connectivity index is 0.00000176. The number of rotatable bonds is 5. The van der Waals surface area contributed by atoms with Crippen molar-refractivity contribution in [3.05, 3.63) is 29.3 Å². The number of hydrogen-bond donors (Lipinski definition) is 1. The van der Waals surface area contributed by atoms with Crippen molar-refractivity contribution in [2.45, 2.75) is 36.6 Å². The zero-order valence-electron chi connectivity index (χ0n) is 12.4. The van der Waals surface area contributed by atoms with Gasteiger partial charge < -0.3 is 5.32 Å². The lowest BCUT2D eigenvalue weighted by molar-refractivity contribution is 0.288. The summed E-state index contributed by atoms with van der Waals surface area (Å²) in [4.78, 5) is 0.330. The third-order valence-electron chi connectivity index (χ3n) is 4.30. The Labute approximate surface area is 143 Å². The predicted molar refractivity (Wildman–Crippen MR) is 91.2 cm³/mol. The van der Waals surface area contributed by atoms with Crippen molar-refractivity contribution < 1.29 is 8.42 Å². The monoisotopic (exact) mass is 364 g/mol. The van der Waals surface area contributed by atoms with E-state index in [2.05, 4.69) is 5.32 Å². The molecule has 22 heavy (non-hydrogen) atoms. The highest BCUT2D eigenvalue weighted by atomic mass is 35.5. The summed E-state index contributed by atoms with van der Waals surface area (Å²) in [5.74, 6) is 0.862. The number of sulfonamides is 1. The molecule has 0 radical (unpaired) electrons. The minimum absolute atomic E-state index is 0. The van der Waals surface area contributed by atoms with Crippen molar-refractivity contribution in [3.63, 3.8) is 0 Å². The molecule has 3 rings (SSSR count). The first-order valence-electron chi connectivity index (χ1n) is 7.55. The molecule has 1 heterocycles. The van der Waals surface area contributed by atoms with Gasteiger partial charge in [0.15, 0.2) is 0 Å². The molecule has 2 aliphatic rings. The van der Waals surface area contributed by atoms with E-state index in [9.17, 15) is 8.42 Å². The number of piperidine rings is 1. The van der Waals surface area contributed by atoms with Crippen LogP contribution in [0.1, 0.15) is 25.7 Å². The molecule has 0 aromatic heterocycles. The third-order valence-corrected chi connectivity index (χ3v) is 6.46. The van der Waals surface area contributed by atoms with Gasteiger partial charge in [-0.1, -0.05) is 11.6 Å². The molecular formula is C15H22Cl2N2O2S. The Morgan fingerprint density at radius 3 is 2.23 bits per heavy atom. The van der Waals surface area contributed by atoms with E-state index in [-0.39, 0.29) is 12.4 Å². The van der Waals surface area contributed by atoms with Crippen LogP contribution in [0.2, 0.25) is 5.02 Å². The minimum Gasteiger partial charge on any atom is -0.314 e. The van der Waals surface area contributed by atoms with E-state index in [0.717, 1.165) is 25.3 Å². The van der Waals surface area contributed by atoms with Gasteiger partial charge in [-0.05, 0) is 62.4 Å². The van der Waals surface area contributed by atoms with Gasteiger partial charge in [0.2, 0.25) is 10.0 Å². The molecule has 1 saturated heterocycles. The van der Waals surface area contributed by atoms with E-state index in [1.807, 2.05) is 0 Å². The number of nitrogens with one attached hydrogen (secondary N) is 1. The van der Waals surface area contributed by atoms with Crippen molar-refractivity contribution in [1.29, 1.82) is 0 Å².